The molecule has 1 amide bonds. The zero-order valence-electron chi connectivity index (χ0n) is 14.0. The van der Waals surface area contributed by atoms with Gasteiger partial charge in [0, 0.05) is 24.7 Å². The second kappa shape index (κ2) is 7.61. The summed E-state index contributed by atoms with van der Waals surface area (Å²) in [6, 6.07) is 10.4. The molecule has 1 aromatic heterocycles. The van der Waals surface area contributed by atoms with Crippen LogP contribution in [0, 0.1) is 11.8 Å². The zero-order chi connectivity index (χ0) is 16.9. The van der Waals surface area contributed by atoms with Gasteiger partial charge in [0.1, 0.15) is 4.88 Å². The second-order valence-electron chi connectivity index (χ2n) is 6.13. The summed E-state index contributed by atoms with van der Waals surface area (Å²) < 4.78 is 0. The molecule has 0 aliphatic carbocycles. The third kappa shape index (κ3) is 4.02. The first-order valence-corrected chi connectivity index (χ1v) is 8.94. The van der Waals surface area contributed by atoms with Crippen LogP contribution in [-0.2, 0) is 0 Å². The lowest BCUT2D eigenvalue weighted by Crippen LogP contribution is -2.44. The molecule has 2 aromatic rings. The molecule has 1 aliphatic rings. The number of rotatable bonds is 2. The van der Waals surface area contributed by atoms with Crippen molar-refractivity contribution in [2.45, 2.75) is 18.9 Å². The van der Waals surface area contributed by atoms with E-state index in [2.05, 4.69) is 35.8 Å². The maximum atomic E-state index is 12.6. The molecule has 0 unspecified atom stereocenters. The van der Waals surface area contributed by atoms with Gasteiger partial charge in [-0.1, -0.05) is 24.1 Å². The Morgan fingerprint density at radius 1 is 1.21 bits per heavy atom. The lowest BCUT2D eigenvalue weighted by atomic mass is 10.0. The van der Waals surface area contributed by atoms with E-state index in [1.807, 2.05) is 35.2 Å². The van der Waals surface area contributed by atoms with Crippen LogP contribution in [0.4, 0.5) is 0 Å². The SMILES string of the molecule is CN(C)C1CCN(C(=O)c2cnc(C#Cc3ccccc3)s2)CC1. The van der Waals surface area contributed by atoms with Gasteiger partial charge in [0.25, 0.3) is 5.91 Å². The molecular formula is C19H21N3OS. The van der Waals surface area contributed by atoms with Gasteiger partial charge in [-0.15, -0.1) is 11.3 Å². The lowest BCUT2D eigenvalue weighted by molar-refractivity contribution is 0.0668. The van der Waals surface area contributed by atoms with Gasteiger partial charge in [-0.3, -0.25) is 4.79 Å². The molecule has 2 heterocycles. The van der Waals surface area contributed by atoms with Gasteiger partial charge in [0.15, 0.2) is 5.01 Å². The number of carbonyl (C=O) groups is 1. The third-order valence-electron chi connectivity index (χ3n) is 4.29. The van der Waals surface area contributed by atoms with Crippen molar-refractivity contribution in [2.75, 3.05) is 27.2 Å². The Morgan fingerprint density at radius 2 is 1.92 bits per heavy atom. The molecule has 0 saturated carbocycles. The number of nitrogens with zero attached hydrogens (tertiary/aromatic N) is 3. The van der Waals surface area contributed by atoms with Gasteiger partial charge in [0.05, 0.1) is 6.20 Å². The van der Waals surface area contributed by atoms with E-state index in [4.69, 9.17) is 0 Å². The topological polar surface area (TPSA) is 36.4 Å². The highest BCUT2D eigenvalue weighted by Gasteiger charge is 2.25. The van der Waals surface area contributed by atoms with Gasteiger partial charge < -0.3 is 9.80 Å². The molecule has 1 fully saturated rings. The minimum atomic E-state index is 0.0810. The summed E-state index contributed by atoms with van der Waals surface area (Å²) >= 11 is 1.37. The van der Waals surface area contributed by atoms with Crippen LogP contribution in [0.3, 0.4) is 0 Å². The summed E-state index contributed by atoms with van der Waals surface area (Å²) in [6.07, 6.45) is 3.70. The van der Waals surface area contributed by atoms with Crippen molar-refractivity contribution in [3.63, 3.8) is 0 Å². The largest absolute Gasteiger partial charge is 0.338 e. The molecular weight excluding hydrogens is 318 g/mol. The molecule has 0 radical (unpaired) electrons. The zero-order valence-corrected chi connectivity index (χ0v) is 14.8. The fourth-order valence-electron chi connectivity index (χ4n) is 2.82. The van der Waals surface area contributed by atoms with E-state index in [0.717, 1.165) is 31.5 Å². The number of carbonyl (C=O) groups excluding carboxylic acids is 1. The van der Waals surface area contributed by atoms with Gasteiger partial charge in [-0.2, -0.15) is 0 Å². The quantitative estimate of drug-likeness (QED) is 0.790. The summed E-state index contributed by atoms with van der Waals surface area (Å²) in [4.78, 5) is 21.7. The van der Waals surface area contributed by atoms with Crippen molar-refractivity contribution in [3.05, 3.63) is 52.0 Å². The van der Waals surface area contributed by atoms with Crippen LogP contribution >= 0.6 is 11.3 Å². The van der Waals surface area contributed by atoms with E-state index in [-0.39, 0.29) is 5.91 Å². The first-order valence-electron chi connectivity index (χ1n) is 8.12. The molecule has 1 saturated heterocycles. The van der Waals surface area contributed by atoms with Gasteiger partial charge in [-0.25, -0.2) is 4.98 Å². The normalized spacial score (nSPS) is 15.2. The number of amides is 1. The number of aromatic nitrogens is 1. The predicted octanol–water partition coefficient (Wildman–Crippen LogP) is 2.71. The second-order valence-corrected chi connectivity index (χ2v) is 7.16. The summed E-state index contributed by atoms with van der Waals surface area (Å²) in [5.41, 5.74) is 0.950. The highest BCUT2D eigenvalue weighted by molar-refractivity contribution is 7.14. The van der Waals surface area contributed by atoms with Crippen molar-refractivity contribution < 1.29 is 4.79 Å². The maximum absolute atomic E-state index is 12.6. The minimum absolute atomic E-state index is 0.0810. The number of hydrogen-bond acceptors (Lipinski definition) is 4. The molecule has 0 bridgehead atoms. The van der Waals surface area contributed by atoms with Crippen molar-refractivity contribution in [2.24, 2.45) is 0 Å². The monoisotopic (exact) mass is 339 g/mol. The van der Waals surface area contributed by atoms with Crippen LogP contribution in [0.1, 0.15) is 33.1 Å². The summed E-state index contributed by atoms with van der Waals surface area (Å²) in [5.74, 6) is 6.20. The first kappa shape index (κ1) is 16.7. The molecule has 0 N–H and O–H groups in total. The highest BCUT2D eigenvalue weighted by atomic mass is 32.1. The highest BCUT2D eigenvalue weighted by Crippen LogP contribution is 2.19. The van der Waals surface area contributed by atoms with Crippen molar-refractivity contribution >= 4 is 17.2 Å². The van der Waals surface area contributed by atoms with E-state index in [0.29, 0.717) is 15.9 Å². The predicted molar refractivity (Wildman–Crippen MR) is 97.1 cm³/mol. The average molecular weight is 339 g/mol. The van der Waals surface area contributed by atoms with Crippen LogP contribution < -0.4 is 0 Å². The number of hydrogen-bond donors (Lipinski definition) is 0. The molecule has 24 heavy (non-hydrogen) atoms. The minimum Gasteiger partial charge on any atom is -0.338 e. The standard InChI is InChI=1S/C19H21N3OS/c1-21(2)16-10-12-22(13-11-16)19(23)17-14-20-18(24-17)9-8-15-6-4-3-5-7-15/h3-7,14,16H,10-13H2,1-2H3. The molecule has 1 aliphatic heterocycles. The summed E-state index contributed by atoms with van der Waals surface area (Å²) in [6.45, 7) is 1.62. The van der Waals surface area contributed by atoms with Gasteiger partial charge in [0.2, 0.25) is 0 Å². The lowest BCUT2D eigenvalue weighted by Gasteiger charge is -2.34. The van der Waals surface area contributed by atoms with Crippen LogP contribution in [0.25, 0.3) is 0 Å². The van der Waals surface area contributed by atoms with E-state index in [1.165, 1.54) is 11.3 Å². The third-order valence-corrected chi connectivity index (χ3v) is 5.19. The van der Waals surface area contributed by atoms with Gasteiger partial charge >= 0.3 is 0 Å². The number of piperidine rings is 1. The molecule has 0 spiro atoms. The number of thiazole rings is 1. The van der Waals surface area contributed by atoms with Crippen LogP contribution in [-0.4, -0.2) is 53.9 Å². The molecule has 4 nitrogen and oxygen atoms in total. The molecule has 1 aromatic carbocycles. The molecule has 3 rings (SSSR count). The fourth-order valence-corrected chi connectivity index (χ4v) is 3.56. The van der Waals surface area contributed by atoms with E-state index in [1.54, 1.807) is 6.20 Å². The van der Waals surface area contributed by atoms with E-state index >= 15 is 0 Å². The van der Waals surface area contributed by atoms with Crippen LogP contribution in [0.2, 0.25) is 0 Å². The van der Waals surface area contributed by atoms with Crippen LogP contribution in [0.15, 0.2) is 36.5 Å². The Hall–Kier alpha value is -2.16. The summed E-state index contributed by atoms with van der Waals surface area (Å²) in [7, 11) is 4.20. The van der Waals surface area contributed by atoms with E-state index < -0.39 is 0 Å². The van der Waals surface area contributed by atoms with E-state index in [9.17, 15) is 4.79 Å². The Bertz CT molecular complexity index is 750. The van der Waals surface area contributed by atoms with Gasteiger partial charge in [-0.05, 0) is 45.0 Å². The summed E-state index contributed by atoms with van der Waals surface area (Å²) in [5, 5.41) is 0.686. The molecule has 0 atom stereocenters. The molecule has 5 heteroatoms. The Kier molecular flexibility index (Phi) is 5.29. The smallest absolute Gasteiger partial charge is 0.265 e. The Balaban J connectivity index is 1.63. The number of benzene rings is 1. The average Bonchev–Trinajstić information content (AvgIpc) is 3.09. The Labute approximate surface area is 147 Å². The molecule has 124 valence electrons. The maximum Gasteiger partial charge on any atom is 0.265 e. The first-order chi connectivity index (χ1) is 11.6. The van der Waals surface area contributed by atoms with Crippen molar-refractivity contribution in [3.8, 4) is 11.8 Å². The van der Waals surface area contributed by atoms with Crippen molar-refractivity contribution in [1.82, 2.24) is 14.8 Å². The fraction of sp³-hybridized carbons (Fsp3) is 0.368. The Morgan fingerprint density at radius 3 is 2.58 bits per heavy atom. The number of likely N-dealkylation sites (tertiary alicyclic amines) is 1. The van der Waals surface area contributed by atoms with Crippen molar-refractivity contribution in [1.29, 1.82) is 0 Å². The van der Waals surface area contributed by atoms with Crippen LogP contribution in [0.5, 0.6) is 0 Å².